The molecule has 0 saturated carbocycles. The zero-order valence-electron chi connectivity index (χ0n) is 10.3. The Bertz CT molecular complexity index is 905. The lowest BCUT2D eigenvalue weighted by Crippen LogP contribution is -1.99. The number of aromatic nitrogens is 4. The average molecular weight is 353 g/mol. The van der Waals surface area contributed by atoms with Crippen molar-refractivity contribution in [3.63, 3.8) is 0 Å². The molecule has 0 aliphatic heterocycles. The number of halogens is 1. The van der Waals surface area contributed by atoms with Gasteiger partial charge >= 0.3 is 0 Å². The summed E-state index contributed by atoms with van der Waals surface area (Å²) in [5.41, 5.74) is 1.51. The minimum absolute atomic E-state index is 0.146. The number of nitrogens with one attached hydrogen (secondary N) is 1. The van der Waals surface area contributed by atoms with Crippen LogP contribution in [0.1, 0.15) is 0 Å². The molecule has 2 heterocycles. The van der Waals surface area contributed by atoms with Crippen LogP contribution in [0.2, 0.25) is 0 Å². The summed E-state index contributed by atoms with van der Waals surface area (Å²) in [7, 11) is -3.41. The zero-order chi connectivity index (χ0) is 14.3. The number of H-pyrrole nitrogens is 1. The summed E-state index contributed by atoms with van der Waals surface area (Å²) in [5, 5.41) is 7.12. The molecule has 6 nitrogen and oxygen atoms in total. The first-order valence-corrected chi connectivity index (χ1v) is 8.31. The van der Waals surface area contributed by atoms with Gasteiger partial charge in [-0.15, -0.1) is 0 Å². The SMILES string of the molecule is CS(=O)(=O)c1nc(-c2cccc3ncc(Br)cc23)n[nH]1. The van der Waals surface area contributed by atoms with E-state index in [1.165, 1.54) is 0 Å². The van der Waals surface area contributed by atoms with Gasteiger partial charge in [-0.2, -0.15) is 10.1 Å². The summed E-state index contributed by atoms with van der Waals surface area (Å²) in [5.74, 6) is 0.330. The molecule has 1 aromatic carbocycles. The highest BCUT2D eigenvalue weighted by atomic mass is 79.9. The quantitative estimate of drug-likeness (QED) is 0.763. The van der Waals surface area contributed by atoms with E-state index >= 15 is 0 Å². The molecule has 0 radical (unpaired) electrons. The molecule has 8 heteroatoms. The lowest BCUT2D eigenvalue weighted by Gasteiger charge is -2.02. The molecule has 0 aliphatic rings. The van der Waals surface area contributed by atoms with Crippen LogP contribution in [-0.4, -0.2) is 34.8 Å². The van der Waals surface area contributed by atoms with Crippen LogP contribution in [0, 0.1) is 0 Å². The van der Waals surface area contributed by atoms with E-state index in [0.29, 0.717) is 5.82 Å². The highest BCUT2D eigenvalue weighted by Crippen LogP contribution is 2.27. The van der Waals surface area contributed by atoms with Crippen molar-refractivity contribution in [2.45, 2.75) is 5.16 Å². The lowest BCUT2D eigenvalue weighted by atomic mass is 10.1. The van der Waals surface area contributed by atoms with Crippen molar-refractivity contribution < 1.29 is 8.42 Å². The summed E-state index contributed by atoms with van der Waals surface area (Å²) in [6.45, 7) is 0. The van der Waals surface area contributed by atoms with Gasteiger partial charge in [-0.1, -0.05) is 12.1 Å². The fourth-order valence-electron chi connectivity index (χ4n) is 1.85. The Morgan fingerprint density at radius 1 is 1.30 bits per heavy atom. The first-order valence-electron chi connectivity index (χ1n) is 5.62. The molecule has 102 valence electrons. The Kier molecular flexibility index (Phi) is 3.06. The van der Waals surface area contributed by atoms with Crippen LogP contribution >= 0.6 is 15.9 Å². The van der Waals surface area contributed by atoms with E-state index in [4.69, 9.17) is 0 Å². The topological polar surface area (TPSA) is 88.6 Å². The number of pyridine rings is 1. The van der Waals surface area contributed by atoms with Gasteiger partial charge in [0, 0.05) is 27.9 Å². The number of hydrogen-bond donors (Lipinski definition) is 1. The second-order valence-corrected chi connectivity index (χ2v) is 7.11. The van der Waals surface area contributed by atoms with Crippen LogP contribution < -0.4 is 0 Å². The van der Waals surface area contributed by atoms with Crippen molar-refractivity contribution >= 4 is 36.7 Å². The Labute approximate surface area is 123 Å². The summed E-state index contributed by atoms with van der Waals surface area (Å²) in [6, 6.07) is 7.42. The van der Waals surface area contributed by atoms with Gasteiger partial charge in [0.15, 0.2) is 5.82 Å². The van der Waals surface area contributed by atoms with E-state index in [9.17, 15) is 8.42 Å². The van der Waals surface area contributed by atoms with E-state index < -0.39 is 9.84 Å². The van der Waals surface area contributed by atoms with Crippen molar-refractivity contribution in [1.29, 1.82) is 0 Å². The summed E-state index contributed by atoms with van der Waals surface area (Å²) >= 11 is 3.37. The van der Waals surface area contributed by atoms with Crippen LogP contribution in [0.25, 0.3) is 22.3 Å². The predicted molar refractivity (Wildman–Crippen MR) is 77.9 cm³/mol. The minimum atomic E-state index is -3.41. The number of benzene rings is 1. The van der Waals surface area contributed by atoms with Gasteiger partial charge < -0.3 is 0 Å². The van der Waals surface area contributed by atoms with Gasteiger partial charge in [0.2, 0.25) is 15.0 Å². The van der Waals surface area contributed by atoms with Gasteiger partial charge in [0.05, 0.1) is 5.52 Å². The molecular formula is C12H9BrN4O2S. The van der Waals surface area contributed by atoms with Crippen molar-refractivity contribution in [3.8, 4) is 11.4 Å². The molecule has 0 atom stereocenters. The second-order valence-electron chi connectivity index (χ2n) is 4.26. The standard InChI is InChI=1S/C12H9BrN4O2S/c1-20(18,19)12-15-11(16-17-12)8-3-2-4-10-9(8)5-7(13)6-14-10/h2-6H,1H3,(H,15,16,17). The predicted octanol–water partition coefficient (Wildman–Crippen LogP) is 2.19. The monoisotopic (exact) mass is 352 g/mol. The van der Waals surface area contributed by atoms with Crippen molar-refractivity contribution in [3.05, 3.63) is 34.9 Å². The first-order chi connectivity index (χ1) is 9.45. The fourth-order valence-corrected chi connectivity index (χ4v) is 2.65. The molecule has 0 amide bonds. The molecule has 0 saturated heterocycles. The third-order valence-corrected chi connectivity index (χ3v) is 4.07. The van der Waals surface area contributed by atoms with E-state index in [1.807, 2.05) is 24.3 Å². The number of hydrogen-bond acceptors (Lipinski definition) is 5. The molecule has 0 fully saturated rings. The zero-order valence-corrected chi connectivity index (χ0v) is 12.7. The van der Waals surface area contributed by atoms with Gasteiger partial charge in [-0.05, 0) is 28.1 Å². The highest BCUT2D eigenvalue weighted by molar-refractivity contribution is 9.10. The van der Waals surface area contributed by atoms with Crippen LogP contribution in [0.4, 0.5) is 0 Å². The Hall–Kier alpha value is -1.80. The maximum atomic E-state index is 11.4. The molecule has 2 aromatic heterocycles. The van der Waals surface area contributed by atoms with Crippen LogP contribution in [-0.2, 0) is 9.84 Å². The van der Waals surface area contributed by atoms with Crippen LogP contribution in [0.5, 0.6) is 0 Å². The van der Waals surface area contributed by atoms with Gasteiger partial charge in [0.25, 0.3) is 0 Å². The molecule has 0 unspecified atom stereocenters. The maximum absolute atomic E-state index is 11.4. The first kappa shape index (κ1) is 13.2. The third-order valence-electron chi connectivity index (χ3n) is 2.75. The van der Waals surface area contributed by atoms with Gasteiger partial charge in [0.1, 0.15) is 0 Å². The number of sulfone groups is 1. The van der Waals surface area contributed by atoms with E-state index in [0.717, 1.165) is 27.2 Å². The van der Waals surface area contributed by atoms with E-state index in [-0.39, 0.29) is 5.16 Å². The fraction of sp³-hybridized carbons (Fsp3) is 0.0833. The van der Waals surface area contributed by atoms with Crippen molar-refractivity contribution in [2.75, 3.05) is 6.26 Å². The second kappa shape index (κ2) is 4.64. The average Bonchev–Trinajstić information content (AvgIpc) is 2.87. The number of fused-ring (bicyclic) bond motifs is 1. The molecule has 20 heavy (non-hydrogen) atoms. The lowest BCUT2D eigenvalue weighted by molar-refractivity contribution is 0.594. The maximum Gasteiger partial charge on any atom is 0.243 e. The Balaban J connectivity index is 2.24. The van der Waals surface area contributed by atoms with E-state index in [2.05, 4.69) is 36.1 Å². The summed E-state index contributed by atoms with van der Waals surface area (Å²) < 4.78 is 23.7. The molecule has 0 spiro atoms. The van der Waals surface area contributed by atoms with E-state index in [1.54, 1.807) is 6.20 Å². The van der Waals surface area contributed by atoms with Gasteiger partial charge in [-0.3, -0.25) is 4.98 Å². The van der Waals surface area contributed by atoms with Crippen LogP contribution in [0.3, 0.4) is 0 Å². The Morgan fingerprint density at radius 2 is 2.10 bits per heavy atom. The smallest absolute Gasteiger partial charge is 0.243 e. The molecule has 1 N–H and O–H groups in total. The number of rotatable bonds is 2. The normalized spacial score (nSPS) is 11.9. The largest absolute Gasteiger partial charge is 0.255 e. The summed E-state index contributed by atoms with van der Waals surface area (Å²) in [6.07, 6.45) is 2.78. The molecule has 3 aromatic rings. The molecule has 3 rings (SSSR count). The molecule has 0 aliphatic carbocycles. The number of aromatic amines is 1. The Morgan fingerprint density at radius 3 is 2.80 bits per heavy atom. The van der Waals surface area contributed by atoms with Gasteiger partial charge in [-0.25, -0.2) is 13.5 Å². The molecule has 0 bridgehead atoms. The van der Waals surface area contributed by atoms with Crippen molar-refractivity contribution in [2.24, 2.45) is 0 Å². The summed E-state index contributed by atoms with van der Waals surface area (Å²) in [4.78, 5) is 8.33. The minimum Gasteiger partial charge on any atom is -0.255 e. The third kappa shape index (κ3) is 2.32. The van der Waals surface area contributed by atoms with Crippen molar-refractivity contribution in [1.82, 2.24) is 20.2 Å². The highest BCUT2D eigenvalue weighted by Gasteiger charge is 2.16. The van der Waals surface area contributed by atoms with Crippen LogP contribution in [0.15, 0.2) is 40.1 Å². The molecular weight excluding hydrogens is 344 g/mol. The number of nitrogens with zero attached hydrogens (tertiary/aromatic N) is 3.